The first-order valence-corrected chi connectivity index (χ1v) is 8.28. The molecule has 2 aromatic rings. The highest BCUT2D eigenvalue weighted by Crippen LogP contribution is 2.23. The molecule has 6 nitrogen and oxygen atoms in total. The average Bonchev–Trinajstić information content (AvgIpc) is 2.69. The van der Waals surface area contributed by atoms with Gasteiger partial charge >= 0.3 is 0 Å². The normalized spacial score (nSPS) is 15.8. The lowest BCUT2D eigenvalue weighted by Gasteiger charge is -2.38. The molecule has 0 aliphatic heterocycles. The minimum atomic E-state index is -2.30. The molecule has 6 heteroatoms. The van der Waals surface area contributed by atoms with Gasteiger partial charge in [-0.1, -0.05) is 60.7 Å². The third-order valence-corrected chi connectivity index (χ3v) is 4.15. The molecule has 0 amide bonds. The van der Waals surface area contributed by atoms with Crippen molar-refractivity contribution in [3.05, 3.63) is 71.8 Å². The molecule has 0 unspecified atom stereocenters. The van der Waals surface area contributed by atoms with E-state index < -0.39 is 31.0 Å². The quantitative estimate of drug-likeness (QED) is 0.519. The Morgan fingerprint density at radius 2 is 1.27 bits per heavy atom. The number of hydrogen-bond acceptors (Lipinski definition) is 6. The molecule has 0 saturated carbocycles. The second kappa shape index (κ2) is 9.56. The topological polar surface area (TPSA) is 96.2 Å². The van der Waals surface area contributed by atoms with E-state index >= 15 is 0 Å². The highest BCUT2D eigenvalue weighted by molar-refractivity contribution is 5.65. The molecule has 3 N–H and O–H groups in total. The summed E-state index contributed by atoms with van der Waals surface area (Å²) < 4.78 is 10.8. The molecule has 0 heterocycles. The van der Waals surface area contributed by atoms with Crippen molar-refractivity contribution in [2.75, 3.05) is 19.8 Å². The summed E-state index contributed by atoms with van der Waals surface area (Å²) in [7, 11) is 0. The van der Waals surface area contributed by atoms with Crippen LogP contribution in [0.3, 0.4) is 0 Å². The van der Waals surface area contributed by atoms with Crippen LogP contribution in [0.4, 0.5) is 0 Å². The highest BCUT2D eigenvalue weighted by atomic mass is 16.5. The largest absolute Gasteiger partial charge is 0.393 e. The Labute approximate surface area is 152 Å². The number of rotatable bonds is 11. The number of hydrogen-bond donors (Lipinski definition) is 3. The Hall–Kier alpha value is -2.09. The summed E-state index contributed by atoms with van der Waals surface area (Å²) >= 11 is 0. The maximum Gasteiger partial charge on any atom is 0.176 e. The first-order valence-electron chi connectivity index (χ1n) is 8.28. The molecular formula is C20H24O6. The van der Waals surface area contributed by atoms with Crippen LogP contribution in [0.25, 0.3) is 0 Å². The number of ether oxygens (including phenoxy) is 2. The minimum Gasteiger partial charge on any atom is -0.393 e. The van der Waals surface area contributed by atoms with Gasteiger partial charge in [-0.25, -0.2) is 0 Å². The summed E-state index contributed by atoms with van der Waals surface area (Å²) in [4.78, 5) is 11.5. The second-order valence-corrected chi connectivity index (χ2v) is 6.19. The summed E-state index contributed by atoms with van der Waals surface area (Å²) in [5.74, 6) is 0. The van der Waals surface area contributed by atoms with Crippen LogP contribution in [0.2, 0.25) is 0 Å². The van der Waals surface area contributed by atoms with Gasteiger partial charge < -0.3 is 24.8 Å². The van der Waals surface area contributed by atoms with Gasteiger partial charge in [0.2, 0.25) is 0 Å². The molecule has 0 radical (unpaired) electrons. The number of aldehydes is 1. The van der Waals surface area contributed by atoms with Crippen LogP contribution < -0.4 is 0 Å². The molecule has 26 heavy (non-hydrogen) atoms. The first-order chi connectivity index (χ1) is 12.5. The smallest absolute Gasteiger partial charge is 0.176 e. The van der Waals surface area contributed by atoms with Crippen LogP contribution in [0.15, 0.2) is 60.7 Å². The Balaban J connectivity index is 1.94. The molecular weight excluding hydrogens is 336 g/mol. The van der Waals surface area contributed by atoms with Crippen molar-refractivity contribution < 1.29 is 29.6 Å². The van der Waals surface area contributed by atoms with Crippen LogP contribution >= 0.6 is 0 Å². The fraction of sp³-hybridized carbons (Fsp3) is 0.350. The van der Waals surface area contributed by atoms with Gasteiger partial charge in [0.05, 0.1) is 33.0 Å². The summed E-state index contributed by atoms with van der Waals surface area (Å²) in [6.45, 7) is -1.43. The van der Waals surface area contributed by atoms with Crippen LogP contribution in [-0.4, -0.2) is 52.6 Å². The van der Waals surface area contributed by atoms with Crippen molar-refractivity contribution in [2.24, 2.45) is 0 Å². The summed E-state index contributed by atoms with van der Waals surface area (Å²) in [6.07, 6.45) is 0.181. The Morgan fingerprint density at radius 1 is 0.808 bits per heavy atom. The lowest BCUT2D eigenvalue weighted by atomic mass is 9.85. The van der Waals surface area contributed by atoms with E-state index in [9.17, 15) is 20.1 Å². The molecule has 2 atom stereocenters. The summed E-state index contributed by atoms with van der Waals surface area (Å²) in [6, 6.07) is 18.4. The Kier molecular flexibility index (Phi) is 7.44. The molecule has 0 aliphatic carbocycles. The lowest BCUT2D eigenvalue weighted by molar-refractivity contribution is -0.210. The number of carbonyl (C=O) groups is 1. The Bertz CT molecular complexity index is 663. The first kappa shape index (κ1) is 20.2. The zero-order chi connectivity index (χ0) is 18.9. The number of carbonyl (C=O) groups excluding carboxylic acids is 1. The van der Waals surface area contributed by atoms with E-state index in [1.54, 1.807) is 0 Å². The van der Waals surface area contributed by atoms with Crippen molar-refractivity contribution in [3.63, 3.8) is 0 Å². The molecule has 0 saturated heterocycles. The lowest BCUT2D eigenvalue weighted by Crippen LogP contribution is -2.63. The van der Waals surface area contributed by atoms with Gasteiger partial charge in [0.1, 0.15) is 5.60 Å². The van der Waals surface area contributed by atoms with Crippen molar-refractivity contribution in [2.45, 2.75) is 24.4 Å². The zero-order valence-electron chi connectivity index (χ0n) is 14.5. The molecule has 0 aromatic heterocycles. The van der Waals surface area contributed by atoms with Gasteiger partial charge in [0, 0.05) is 0 Å². The van der Waals surface area contributed by atoms with E-state index in [4.69, 9.17) is 9.47 Å². The standard InChI is InChI=1S/C20H24O6/c21-13-19(23,15-25-11-17-7-3-1-4-8-17)20(24,14-22)16-26-12-18-9-5-2-6-10-18/h1-10,13,22-24H,11-12,14-16H2/t19-,20+/m1/s1. The molecule has 0 bridgehead atoms. The summed E-state index contributed by atoms with van der Waals surface area (Å²) in [5.41, 5.74) is -2.76. The molecule has 0 aliphatic rings. The predicted molar refractivity (Wildman–Crippen MR) is 95.2 cm³/mol. The van der Waals surface area contributed by atoms with Crippen molar-refractivity contribution >= 4 is 6.29 Å². The van der Waals surface area contributed by atoms with Crippen molar-refractivity contribution in [3.8, 4) is 0 Å². The molecule has 2 rings (SSSR count). The fourth-order valence-corrected chi connectivity index (χ4v) is 2.40. The number of benzene rings is 2. The van der Waals surface area contributed by atoms with Crippen LogP contribution in [0.1, 0.15) is 11.1 Å². The van der Waals surface area contributed by atoms with Gasteiger partial charge in [-0.15, -0.1) is 0 Å². The molecule has 0 fully saturated rings. The highest BCUT2D eigenvalue weighted by Gasteiger charge is 2.50. The van der Waals surface area contributed by atoms with E-state index in [2.05, 4.69) is 0 Å². The minimum absolute atomic E-state index is 0.156. The number of aliphatic hydroxyl groups is 3. The SMILES string of the molecule is O=C[C@@](O)(COCc1ccccc1)[C@](O)(CO)COCc1ccccc1. The zero-order valence-corrected chi connectivity index (χ0v) is 14.5. The maximum absolute atomic E-state index is 11.5. The van der Waals surface area contributed by atoms with E-state index in [0.29, 0.717) is 0 Å². The van der Waals surface area contributed by atoms with Crippen molar-refractivity contribution in [1.82, 2.24) is 0 Å². The van der Waals surface area contributed by atoms with Crippen molar-refractivity contribution in [1.29, 1.82) is 0 Å². The monoisotopic (exact) mass is 360 g/mol. The fourth-order valence-electron chi connectivity index (χ4n) is 2.40. The average molecular weight is 360 g/mol. The van der Waals surface area contributed by atoms with Crippen LogP contribution in [0.5, 0.6) is 0 Å². The van der Waals surface area contributed by atoms with Gasteiger partial charge in [0.15, 0.2) is 11.9 Å². The molecule has 2 aromatic carbocycles. The Morgan fingerprint density at radius 3 is 1.69 bits per heavy atom. The third-order valence-electron chi connectivity index (χ3n) is 4.15. The third kappa shape index (κ3) is 5.20. The summed E-state index contributed by atoms with van der Waals surface area (Å²) in [5, 5.41) is 30.7. The van der Waals surface area contributed by atoms with E-state index in [1.165, 1.54) is 0 Å². The van der Waals surface area contributed by atoms with Gasteiger partial charge in [0.25, 0.3) is 0 Å². The van der Waals surface area contributed by atoms with Gasteiger partial charge in [-0.3, -0.25) is 4.79 Å². The van der Waals surface area contributed by atoms with Gasteiger partial charge in [-0.2, -0.15) is 0 Å². The predicted octanol–water partition coefficient (Wildman–Crippen LogP) is 1.07. The van der Waals surface area contributed by atoms with Crippen LogP contribution in [-0.2, 0) is 27.5 Å². The van der Waals surface area contributed by atoms with Crippen LogP contribution in [0, 0.1) is 0 Å². The van der Waals surface area contributed by atoms with Gasteiger partial charge in [-0.05, 0) is 11.1 Å². The van der Waals surface area contributed by atoms with E-state index in [1.807, 2.05) is 60.7 Å². The van der Waals surface area contributed by atoms with E-state index in [0.717, 1.165) is 11.1 Å². The second-order valence-electron chi connectivity index (χ2n) is 6.19. The van der Waals surface area contributed by atoms with E-state index in [-0.39, 0.29) is 19.5 Å². The molecule has 0 spiro atoms. The maximum atomic E-state index is 11.5. The molecule has 140 valence electrons. The number of aliphatic hydroxyl groups excluding tert-OH is 1.